The number of halogens is 4. The first-order valence-electron chi connectivity index (χ1n) is 15.8. The normalized spacial score (nSPS) is 12.5. The van der Waals surface area contributed by atoms with Gasteiger partial charge in [-0.2, -0.15) is 4.98 Å². The van der Waals surface area contributed by atoms with Gasteiger partial charge in [-0.05, 0) is 60.7 Å². The van der Waals surface area contributed by atoms with Gasteiger partial charge in [0, 0.05) is 42.2 Å². The number of aromatic nitrogens is 2. The van der Waals surface area contributed by atoms with Crippen LogP contribution in [0.3, 0.4) is 0 Å². The van der Waals surface area contributed by atoms with Crippen LogP contribution in [0.5, 0.6) is 0 Å². The zero-order valence-electron chi connectivity index (χ0n) is 26.6. The van der Waals surface area contributed by atoms with Gasteiger partial charge in [0.05, 0.1) is 0 Å². The highest BCUT2D eigenvalue weighted by Crippen LogP contribution is 2.28. The third-order valence-electron chi connectivity index (χ3n) is 8.67. The van der Waals surface area contributed by atoms with Crippen molar-refractivity contribution in [3.05, 3.63) is 116 Å². The van der Waals surface area contributed by atoms with Crippen molar-refractivity contribution in [2.24, 2.45) is 0 Å². The average Bonchev–Trinajstić information content (AvgIpc) is 3.59. The number of hydrogen-bond acceptors (Lipinski definition) is 5. The molecular weight excluding hydrogens is 628 g/mol. The summed E-state index contributed by atoms with van der Waals surface area (Å²) in [7, 11) is 0. The predicted octanol–water partition coefficient (Wildman–Crippen LogP) is 6.95. The smallest absolute Gasteiger partial charge is 0.277 e. The second-order valence-corrected chi connectivity index (χ2v) is 12.5. The van der Waals surface area contributed by atoms with Crippen LogP contribution >= 0.6 is 11.8 Å². The monoisotopic (exact) mass is 666 g/mol. The molecule has 4 aromatic rings. The van der Waals surface area contributed by atoms with Crippen molar-refractivity contribution in [2.45, 2.75) is 63.8 Å². The summed E-state index contributed by atoms with van der Waals surface area (Å²) in [5, 5.41) is 0.236. The molecule has 0 unspecified atom stereocenters. The largest absolute Gasteiger partial charge is 0.336 e. The number of nitrogens with zero attached hydrogens (tertiary/aromatic N) is 4. The Morgan fingerprint density at radius 2 is 1.53 bits per heavy atom. The highest BCUT2D eigenvalue weighted by molar-refractivity contribution is 7.98. The Morgan fingerprint density at radius 3 is 2.17 bits per heavy atom. The molecule has 1 aliphatic rings. The van der Waals surface area contributed by atoms with Gasteiger partial charge in [0.25, 0.3) is 5.56 Å². The third kappa shape index (κ3) is 8.13. The fourth-order valence-corrected chi connectivity index (χ4v) is 6.80. The molecule has 6 nitrogen and oxygen atoms in total. The Balaban J connectivity index is 1.40. The molecule has 5 rings (SSSR count). The van der Waals surface area contributed by atoms with E-state index in [9.17, 15) is 27.2 Å². The van der Waals surface area contributed by atoms with Crippen molar-refractivity contribution in [3.63, 3.8) is 0 Å². The lowest BCUT2D eigenvalue weighted by atomic mass is 10.0. The Hall–Kier alpha value is -3.96. The fraction of sp³-hybridized carbons (Fsp3) is 0.361. The molecule has 11 heteroatoms. The van der Waals surface area contributed by atoms with E-state index in [1.54, 1.807) is 21.6 Å². The third-order valence-corrected chi connectivity index (χ3v) is 9.69. The van der Waals surface area contributed by atoms with E-state index >= 15 is 0 Å². The minimum atomic E-state index is -1.55. The maximum Gasteiger partial charge on any atom is 0.277 e. The number of carbonyl (C=O) groups excluding carboxylic acids is 1. The highest BCUT2D eigenvalue weighted by atomic mass is 32.2. The van der Waals surface area contributed by atoms with Crippen molar-refractivity contribution in [1.29, 1.82) is 0 Å². The number of alkyl halides is 1. The number of rotatable bonds is 14. The van der Waals surface area contributed by atoms with Gasteiger partial charge in [0.15, 0.2) is 22.6 Å². The molecule has 0 saturated carbocycles. The van der Waals surface area contributed by atoms with Crippen molar-refractivity contribution >= 4 is 17.7 Å². The summed E-state index contributed by atoms with van der Waals surface area (Å²) in [5.41, 5.74) is 4.37. The van der Waals surface area contributed by atoms with E-state index in [4.69, 9.17) is 0 Å². The Bertz CT molecular complexity index is 1760. The lowest BCUT2D eigenvalue weighted by Gasteiger charge is -2.28. The molecule has 248 valence electrons. The molecule has 0 saturated heterocycles. The van der Waals surface area contributed by atoms with Crippen molar-refractivity contribution in [2.75, 3.05) is 26.2 Å². The summed E-state index contributed by atoms with van der Waals surface area (Å²) >= 11 is 1.02. The number of likely N-dealkylation sites (N-methyl/N-ethyl adjacent to an activating group) is 1. The predicted molar refractivity (Wildman–Crippen MR) is 176 cm³/mol. The van der Waals surface area contributed by atoms with Crippen LogP contribution in [0.15, 0.2) is 70.6 Å². The summed E-state index contributed by atoms with van der Waals surface area (Å²) < 4.78 is 56.6. The van der Waals surface area contributed by atoms with Crippen molar-refractivity contribution in [1.82, 2.24) is 19.4 Å². The van der Waals surface area contributed by atoms with Crippen LogP contribution in [0.2, 0.25) is 0 Å². The number of benzene rings is 3. The molecule has 0 atom stereocenters. The number of thioether (sulfide) groups is 1. The van der Waals surface area contributed by atoms with Gasteiger partial charge >= 0.3 is 0 Å². The van der Waals surface area contributed by atoms with Crippen LogP contribution in [-0.4, -0.2) is 51.4 Å². The van der Waals surface area contributed by atoms with Crippen LogP contribution < -0.4 is 5.56 Å². The summed E-state index contributed by atoms with van der Waals surface area (Å²) in [6.07, 6.45) is 1.91. The first-order valence-corrected chi connectivity index (χ1v) is 16.8. The molecule has 1 aliphatic carbocycles. The SMILES string of the molecule is CCN(CC)CCN(Cc1ccc(-c2ccc(CF)cc2)cc1)C(=O)Cn1c(SCc2ccc(F)c(F)c2F)nc(=O)c2c1CCC2. The Morgan fingerprint density at radius 1 is 0.872 bits per heavy atom. The molecule has 1 aromatic heterocycles. The number of hydrogen-bond donors (Lipinski definition) is 0. The van der Waals surface area contributed by atoms with E-state index < -0.39 is 24.1 Å². The molecule has 0 radical (unpaired) electrons. The lowest BCUT2D eigenvalue weighted by molar-refractivity contribution is -0.132. The molecule has 0 fully saturated rings. The molecule has 1 heterocycles. The van der Waals surface area contributed by atoms with E-state index in [1.807, 2.05) is 36.4 Å². The van der Waals surface area contributed by atoms with Gasteiger partial charge in [0.1, 0.15) is 13.2 Å². The van der Waals surface area contributed by atoms with Crippen LogP contribution in [0.4, 0.5) is 17.6 Å². The molecule has 1 amide bonds. The summed E-state index contributed by atoms with van der Waals surface area (Å²) in [5.74, 6) is -4.38. The van der Waals surface area contributed by atoms with Crippen molar-refractivity contribution in [3.8, 4) is 11.1 Å². The molecule has 47 heavy (non-hydrogen) atoms. The number of fused-ring (bicyclic) bond motifs is 1. The van der Waals surface area contributed by atoms with E-state index in [0.717, 1.165) is 59.7 Å². The van der Waals surface area contributed by atoms with Crippen LogP contribution in [-0.2, 0) is 43.2 Å². The quantitative estimate of drug-likeness (QED) is 0.0632. The van der Waals surface area contributed by atoms with E-state index in [2.05, 4.69) is 23.7 Å². The van der Waals surface area contributed by atoms with Gasteiger partial charge in [-0.3, -0.25) is 9.59 Å². The molecule has 3 aromatic carbocycles. The first kappa shape index (κ1) is 34.4. The average molecular weight is 667 g/mol. The topological polar surface area (TPSA) is 58.4 Å². The molecule has 0 N–H and O–H groups in total. The van der Waals surface area contributed by atoms with Crippen LogP contribution in [0.1, 0.15) is 48.2 Å². The molecule has 0 aliphatic heterocycles. The minimum Gasteiger partial charge on any atom is -0.336 e. The van der Waals surface area contributed by atoms with Gasteiger partial charge in [-0.1, -0.05) is 80.2 Å². The summed E-state index contributed by atoms with van der Waals surface area (Å²) in [6.45, 7) is 6.75. The second-order valence-electron chi connectivity index (χ2n) is 11.6. The maximum atomic E-state index is 14.5. The zero-order valence-corrected chi connectivity index (χ0v) is 27.4. The number of amides is 1. The molecule has 0 spiro atoms. The van der Waals surface area contributed by atoms with Crippen LogP contribution in [0, 0.1) is 17.5 Å². The number of carbonyl (C=O) groups is 1. The van der Waals surface area contributed by atoms with Crippen LogP contribution in [0.25, 0.3) is 11.1 Å². The van der Waals surface area contributed by atoms with Gasteiger partial charge < -0.3 is 14.4 Å². The Labute approximate surface area is 276 Å². The summed E-state index contributed by atoms with van der Waals surface area (Å²) in [4.78, 5) is 35.3. The summed E-state index contributed by atoms with van der Waals surface area (Å²) in [6, 6.07) is 17.3. The lowest BCUT2D eigenvalue weighted by Crippen LogP contribution is -2.40. The maximum absolute atomic E-state index is 14.5. The van der Waals surface area contributed by atoms with Crippen molar-refractivity contribution < 1.29 is 22.4 Å². The fourth-order valence-electron chi connectivity index (χ4n) is 5.82. The molecule has 0 bridgehead atoms. The van der Waals surface area contributed by atoms with Gasteiger partial charge in [0.2, 0.25) is 5.91 Å². The van der Waals surface area contributed by atoms with E-state index in [1.165, 1.54) is 6.07 Å². The van der Waals surface area contributed by atoms with E-state index in [0.29, 0.717) is 43.6 Å². The minimum absolute atomic E-state index is 0.0656. The Kier molecular flexibility index (Phi) is 11.5. The van der Waals surface area contributed by atoms with E-state index in [-0.39, 0.29) is 34.5 Å². The second kappa shape index (κ2) is 15.8. The van der Waals surface area contributed by atoms with Gasteiger partial charge in [-0.15, -0.1) is 0 Å². The molecular formula is C36H38F4N4O2S. The standard InChI is InChI=1S/C36H38F4N4O2S/c1-3-42(4-2)18-19-43(21-25-10-14-27(15-11-25)26-12-8-24(20-37)9-13-26)32(45)22-44-31-7-5-6-29(31)35(46)41-36(44)47-23-28-16-17-30(38)34(40)33(28)39/h8-17H,3-7,18-23H2,1-2H3. The van der Waals surface area contributed by atoms with Gasteiger partial charge in [-0.25, -0.2) is 17.6 Å². The highest BCUT2D eigenvalue weighted by Gasteiger charge is 2.25. The zero-order chi connectivity index (χ0) is 33.5. The first-order chi connectivity index (χ1) is 22.7.